The first kappa shape index (κ1) is 22.5. The van der Waals surface area contributed by atoms with Crippen LogP contribution in [0.2, 0.25) is 0 Å². The van der Waals surface area contributed by atoms with Crippen molar-refractivity contribution in [2.45, 2.75) is 64.8 Å². The number of phenolic OH excluding ortho intramolecular Hbond substituents is 1. The third kappa shape index (κ3) is 5.49. The summed E-state index contributed by atoms with van der Waals surface area (Å²) in [6.07, 6.45) is 3.00. The van der Waals surface area contributed by atoms with Gasteiger partial charge in [0.25, 0.3) is 0 Å². The predicted octanol–water partition coefficient (Wildman–Crippen LogP) is 3.31. The van der Waals surface area contributed by atoms with Gasteiger partial charge in [0.2, 0.25) is 5.91 Å². The van der Waals surface area contributed by atoms with E-state index in [-0.39, 0.29) is 25.9 Å². The van der Waals surface area contributed by atoms with Crippen molar-refractivity contribution in [1.82, 2.24) is 0 Å². The normalized spacial score (nSPS) is 22.4. The summed E-state index contributed by atoms with van der Waals surface area (Å²) in [4.78, 5) is 27.3. The fourth-order valence-electron chi connectivity index (χ4n) is 3.71. The number of ether oxygens (including phenoxy) is 3. The van der Waals surface area contributed by atoms with E-state index in [0.29, 0.717) is 24.3 Å². The molecule has 2 heterocycles. The molecule has 1 aromatic rings. The molecule has 2 atom stereocenters. The second-order valence-corrected chi connectivity index (χ2v) is 8.71. The number of rotatable bonds is 5. The highest BCUT2D eigenvalue weighted by Gasteiger charge is 2.38. The molecule has 2 aliphatic heterocycles. The van der Waals surface area contributed by atoms with E-state index in [2.05, 4.69) is 0 Å². The van der Waals surface area contributed by atoms with Crippen LogP contribution < -0.4 is 4.90 Å². The Kier molecular flexibility index (Phi) is 6.98. The summed E-state index contributed by atoms with van der Waals surface area (Å²) in [5.41, 5.74) is 0.212. The molecule has 1 fully saturated rings. The number of aromatic hydroxyl groups is 1. The van der Waals surface area contributed by atoms with Crippen molar-refractivity contribution in [3.05, 3.63) is 23.5 Å². The number of halogens is 1. The Morgan fingerprint density at radius 1 is 1.30 bits per heavy atom. The van der Waals surface area contributed by atoms with Crippen LogP contribution in [0.4, 0.5) is 10.1 Å². The first-order valence-corrected chi connectivity index (χ1v) is 10.4. The first-order chi connectivity index (χ1) is 14.2. The largest absolute Gasteiger partial charge is 0.505 e. The van der Waals surface area contributed by atoms with Gasteiger partial charge in [0.1, 0.15) is 11.5 Å². The Hall–Kier alpha value is -2.19. The highest BCUT2D eigenvalue weighted by molar-refractivity contribution is 6.07. The Bertz CT molecular complexity index is 785. The maximum Gasteiger partial charge on any atom is 0.319 e. The quantitative estimate of drug-likeness (QED) is 0.578. The van der Waals surface area contributed by atoms with E-state index in [1.54, 1.807) is 20.8 Å². The molecule has 2 unspecified atom stereocenters. The number of fused-ring (bicyclic) bond motifs is 1. The molecular formula is C22H30FNO6. The molecule has 3 rings (SSSR count). The molecule has 1 saturated heterocycles. The zero-order valence-electron chi connectivity index (χ0n) is 17.8. The number of benzene rings is 1. The zero-order chi connectivity index (χ0) is 21.9. The molecule has 0 aromatic heterocycles. The Morgan fingerprint density at radius 3 is 2.73 bits per heavy atom. The first-order valence-electron chi connectivity index (χ1n) is 10.4. The van der Waals surface area contributed by atoms with Gasteiger partial charge in [0.05, 0.1) is 12.3 Å². The van der Waals surface area contributed by atoms with Crippen molar-refractivity contribution in [3.63, 3.8) is 0 Å². The summed E-state index contributed by atoms with van der Waals surface area (Å²) < 4.78 is 30.7. The molecule has 0 spiro atoms. The van der Waals surface area contributed by atoms with Crippen molar-refractivity contribution >= 4 is 17.6 Å². The summed E-state index contributed by atoms with van der Waals surface area (Å²) >= 11 is 0. The van der Waals surface area contributed by atoms with Crippen LogP contribution in [0.15, 0.2) is 12.1 Å². The van der Waals surface area contributed by atoms with E-state index in [9.17, 15) is 19.1 Å². The lowest BCUT2D eigenvalue weighted by molar-refractivity contribution is -0.164. The molecular weight excluding hydrogens is 393 g/mol. The Balaban J connectivity index is 1.81. The minimum absolute atomic E-state index is 0.149. The van der Waals surface area contributed by atoms with Crippen LogP contribution >= 0.6 is 0 Å². The molecule has 0 aliphatic carbocycles. The molecule has 0 radical (unpaired) electrons. The smallest absolute Gasteiger partial charge is 0.319 e. The number of anilines is 1. The topological polar surface area (TPSA) is 85.3 Å². The third-order valence-electron chi connectivity index (χ3n) is 5.15. The van der Waals surface area contributed by atoms with Crippen LogP contribution in [0.5, 0.6) is 5.75 Å². The van der Waals surface area contributed by atoms with Crippen LogP contribution in [0.3, 0.4) is 0 Å². The SMILES string of the molecule is CC(C)(C)OC(=O)C1CCc2cc(F)c(O)cc2N(CCOC2CCCCO2)C1=O. The van der Waals surface area contributed by atoms with Crippen molar-refractivity contribution < 1.29 is 33.3 Å². The molecule has 1 amide bonds. The van der Waals surface area contributed by atoms with Gasteiger partial charge < -0.3 is 24.2 Å². The minimum Gasteiger partial charge on any atom is -0.505 e. The second kappa shape index (κ2) is 9.31. The molecule has 1 N–H and O–H groups in total. The van der Waals surface area contributed by atoms with Crippen LogP contribution in [0, 0.1) is 11.7 Å². The van der Waals surface area contributed by atoms with Gasteiger partial charge in [0, 0.05) is 19.2 Å². The van der Waals surface area contributed by atoms with E-state index < -0.39 is 35.0 Å². The third-order valence-corrected chi connectivity index (χ3v) is 5.15. The molecule has 1 aromatic carbocycles. The molecule has 8 heteroatoms. The summed E-state index contributed by atoms with van der Waals surface area (Å²) in [5, 5.41) is 9.87. The van der Waals surface area contributed by atoms with Crippen molar-refractivity contribution in [1.29, 1.82) is 0 Å². The van der Waals surface area contributed by atoms with E-state index in [1.807, 2.05) is 0 Å². The number of hydrogen-bond donors (Lipinski definition) is 1. The highest BCUT2D eigenvalue weighted by atomic mass is 19.1. The van der Waals surface area contributed by atoms with E-state index in [1.165, 1.54) is 17.0 Å². The average molecular weight is 423 g/mol. The lowest BCUT2D eigenvalue weighted by Gasteiger charge is -2.28. The number of phenols is 1. The van der Waals surface area contributed by atoms with Gasteiger partial charge in [-0.3, -0.25) is 9.59 Å². The lowest BCUT2D eigenvalue weighted by atomic mass is 10.00. The van der Waals surface area contributed by atoms with Crippen LogP contribution in [-0.2, 0) is 30.2 Å². The predicted molar refractivity (Wildman–Crippen MR) is 108 cm³/mol. The monoisotopic (exact) mass is 423 g/mol. The summed E-state index contributed by atoms with van der Waals surface area (Å²) in [7, 11) is 0. The van der Waals surface area contributed by atoms with Gasteiger partial charge in [-0.1, -0.05) is 0 Å². The number of carbonyl (C=O) groups is 2. The van der Waals surface area contributed by atoms with Gasteiger partial charge in [-0.2, -0.15) is 0 Å². The standard InChI is InChI=1S/C22H30FNO6/c1-22(2,3)30-21(27)15-8-7-14-12-16(23)18(25)13-17(14)24(20(15)26)9-11-29-19-6-4-5-10-28-19/h12-13,15,19,25H,4-11H2,1-3H3. The highest BCUT2D eigenvalue weighted by Crippen LogP contribution is 2.34. The van der Waals surface area contributed by atoms with Crippen molar-refractivity contribution in [2.24, 2.45) is 5.92 Å². The fourth-order valence-corrected chi connectivity index (χ4v) is 3.71. The number of aryl methyl sites for hydroxylation is 1. The van der Waals surface area contributed by atoms with Gasteiger partial charge in [-0.15, -0.1) is 0 Å². The number of carbonyl (C=O) groups excluding carboxylic acids is 2. The average Bonchev–Trinajstić information content (AvgIpc) is 2.79. The van der Waals surface area contributed by atoms with Crippen LogP contribution in [0.1, 0.15) is 52.0 Å². The summed E-state index contributed by atoms with van der Waals surface area (Å²) in [5.74, 6) is -3.36. The summed E-state index contributed by atoms with van der Waals surface area (Å²) in [6.45, 7) is 6.20. The molecule has 30 heavy (non-hydrogen) atoms. The van der Waals surface area contributed by atoms with Gasteiger partial charge >= 0.3 is 5.97 Å². The Morgan fingerprint density at radius 2 is 2.07 bits per heavy atom. The van der Waals surface area contributed by atoms with E-state index in [4.69, 9.17) is 14.2 Å². The van der Waals surface area contributed by atoms with Gasteiger partial charge in [0.15, 0.2) is 17.9 Å². The van der Waals surface area contributed by atoms with Crippen molar-refractivity contribution in [3.8, 4) is 5.75 Å². The number of hydrogen-bond acceptors (Lipinski definition) is 6. The van der Waals surface area contributed by atoms with Crippen LogP contribution in [0.25, 0.3) is 0 Å². The maximum absolute atomic E-state index is 14.0. The zero-order valence-corrected chi connectivity index (χ0v) is 17.8. The fraction of sp³-hybridized carbons (Fsp3) is 0.636. The van der Waals surface area contributed by atoms with Gasteiger partial charge in [-0.05, 0) is 64.5 Å². The lowest BCUT2D eigenvalue weighted by Crippen LogP contribution is -2.43. The van der Waals surface area contributed by atoms with Crippen LogP contribution in [-0.4, -0.2) is 48.6 Å². The molecule has 0 bridgehead atoms. The number of nitrogens with zero attached hydrogens (tertiary/aromatic N) is 1. The van der Waals surface area contributed by atoms with E-state index in [0.717, 1.165) is 19.3 Å². The Labute approximate surface area is 176 Å². The molecule has 166 valence electrons. The number of esters is 1. The molecule has 0 saturated carbocycles. The summed E-state index contributed by atoms with van der Waals surface area (Å²) in [6, 6.07) is 2.45. The van der Waals surface area contributed by atoms with E-state index >= 15 is 0 Å². The molecule has 2 aliphatic rings. The van der Waals surface area contributed by atoms with Gasteiger partial charge in [-0.25, -0.2) is 4.39 Å². The molecule has 7 nitrogen and oxygen atoms in total. The second-order valence-electron chi connectivity index (χ2n) is 8.71. The number of amides is 1. The van der Waals surface area contributed by atoms with Crippen molar-refractivity contribution in [2.75, 3.05) is 24.7 Å². The minimum atomic E-state index is -1.01. The maximum atomic E-state index is 14.0.